The van der Waals surface area contributed by atoms with Gasteiger partial charge in [0.05, 0.1) is 11.6 Å². The number of aryl methyl sites for hydroxylation is 1. The van der Waals surface area contributed by atoms with Crippen LogP contribution in [0.3, 0.4) is 0 Å². The first-order valence-electron chi connectivity index (χ1n) is 11.6. The SMILES string of the molecule is CCCN(CC(=O)N1CCc2sccc2[C@@H]1COc1ccc(C)cc1)C(=O)c1ccccc1F. The van der Waals surface area contributed by atoms with Crippen molar-refractivity contribution in [3.63, 3.8) is 0 Å². The average Bonchev–Trinajstić information content (AvgIpc) is 3.32. The number of benzene rings is 2. The minimum absolute atomic E-state index is 0.0123. The van der Waals surface area contributed by atoms with Crippen LogP contribution in [0.25, 0.3) is 0 Å². The van der Waals surface area contributed by atoms with Gasteiger partial charge in [-0.3, -0.25) is 9.59 Å². The summed E-state index contributed by atoms with van der Waals surface area (Å²) in [5.74, 6) is -0.449. The van der Waals surface area contributed by atoms with Crippen molar-refractivity contribution in [2.75, 3.05) is 26.2 Å². The molecule has 0 saturated heterocycles. The molecule has 178 valence electrons. The second-order valence-corrected chi connectivity index (χ2v) is 9.48. The predicted molar refractivity (Wildman–Crippen MR) is 132 cm³/mol. The number of nitrogens with zero attached hydrogens (tertiary/aromatic N) is 2. The van der Waals surface area contributed by atoms with E-state index >= 15 is 0 Å². The van der Waals surface area contributed by atoms with E-state index in [9.17, 15) is 14.0 Å². The second-order valence-electron chi connectivity index (χ2n) is 8.48. The summed E-state index contributed by atoms with van der Waals surface area (Å²) in [6.45, 7) is 5.12. The Labute approximate surface area is 203 Å². The third-order valence-corrected chi connectivity index (χ3v) is 7.05. The summed E-state index contributed by atoms with van der Waals surface area (Å²) in [5.41, 5.74) is 2.23. The molecule has 4 rings (SSSR count). The van der Waals surface area contributed by atoms with Crippen molar-refractivity contribution < 1.29 is 18.7 Å². The quantitative estimate of drug-likeness (QED) is 0.442. The fraction of sp³-hybridized carbons (Fsp3) is 0.333. The average molecular weight is 481 g/mol. The van der Waals surface area contributed by atoms with Gasteiger partial charge in [0, 0.05) is 18.0 Å². The zero-order valence-corrected chi connectivity index (χ0v) is 20.3. The fourth-order valence-corrected chi connectivity index (χ4v) is 5.19. The Morgan fingerprint density at radius 3 is 2.65 bits per heavy atom. The molecule has 7 heteroatoms. The number of halogens is 1. The highest BCUT2D eigenvalue weighted by Crippen LogP contribution is 2.34. The molecule has 1 atom stereocenters. The van der Waals surface area contributed by atoms with Gasteiger partial charge >= 0.3 is 0 Å². The van der Waals surface area contributed by atoms with Crippen LogP contribution in [0.15, 0.2) is 60.0 Å². The van der Waals surface area contributed by atoms with Crippen LogP contribution < -0.4 is 4.74 Å². The molecule has 5 nitrogen and oxygen atoms in total. The first-order chi connectivity index (χ1) is 16.5. The van der Waals surface area contributed by atoms with Gasteiger partial charge in [-0.25, -0.2) is 4.39 Å². The summed E-state index contributed by atoms with van der Waals surface area (Å²) in [6.07, 6.45) is 1.44. The van der Waals surface area contributed by atoms with E-state index in [0.717, 1.165) is 23.3 Å². The normalized spacial score (nSPS) is 15.0. The molecule has 0 fully saturated rings. The molecule has 0 bridgehead atoms. The van der Waals surface area contributed by atoms with E-state index in [1.54, 1.807) is 28.4 Å². The Balaban J connectivity index is 1.52. The Kier molecular flexibility index (Phi) is 7.63. The van der Waals surface area contributed by atoms with Gasteiger partial charge in [-0.15, -0.1) is 11.3 Å². The lowest BCUT2D eigenvalue weighted by atomic mass is 10.00. The maximum absolute atomic E-state index is 14.3. The molecule has 34 heavy (non-hydrogen) atoms. The summed E-state index contributed by atoms with van der Waals surface area (Å²) >= 11 is 1.69. The van der Waals surface area contributed by atoms with Crippen LogP contribution in [0, 0.1) is 12.7 Å². The number of carbonyl (C=O) groups excluding carboxylic acids is 2. The Bertz CT molecular complexity index is 1140. The lowest BCUT2D eigenvalue weighted by Gasteiger charge is -2.37. The van der Waals surface area contributed by atoms with E-state index in [-0.39, 0.29) is 24.1 Å². The van der Waals surface area contributed by atoms with Gasteiger partial charge < -0.3 is 14.5 Å². The molecule has 1 aliphatic heterocycles. The minimum Gasteiger partial charge on any atom is -0.491 e. The molecular formula is C27H29FN2O3S. The molecule has 0 spiro atoms. The lowest BCUT2D eigenvalue weighted by Crippen LogP contribution is -2.48. The zero-order valence-electron chi connectivity index (χ0n) is 19.5. The maximum Gasteiger partial charge on any atom is 0.257 e. The number of carbonyl (C=O) groups is 2. The first-order valence-corrected chi connectivity index (χ1v) is 12.4. The van der Waals surface area contributed by atoms with Crippen LogP contribution in [0.4, 0.5) is 4.39 Å². The molecule has 3 aromatic rings. The fourth-order valence-electron chi connectivity index (χ4n) is 4.27. The van der Waals surface area contributed by atoms with E-state index in [1.165, 1.54) is 21.9 Å². The predicted octanol–water partition coefficient (Wildman–Crippen LogP) is 5.25. The molecule has 0 N–H and O–H groups in total. The largest absolute Gasteiger partial charge is 0.491 e. The van der Waals surface area contributed by atoms with E-state index in [0.29, 0.717) is 26.1 Å². The highest BCUT2D eigenvalue weighted by Gasteiger charge is 2.33. The van der Waals surface area contributed by atoms with Gasteiger partial charge in [-0.05, 0) is 61.0 Å². The van der Waals surface area contributed by atoms with E-state index in [2.05, 4.69) is 6.07 Å². The number of hydrogen-bond acceptors (Lipinski definition) is 4. The molecule has 2 aromatic carbocycles. The zero-order chi connectivity index (χ0) is 24.1. The molecule has 0 radical (unpaired) electrons. The van der Waals surface area contributed by atoms with E-state index in [1.807, 2.05) is 43.5 Å². The standard InChI is InChI=1S/C27H29FN2O3S/c1-3-14-29(27(32)21-6-4-5-7-23(21)28)17-26(31)30-15-12-25-22(13-16-34-25)24(30)18-33-20-10-8-19(2)9-11-20/h4-11,13,16,24H,3,12,14-15,17-18H2,1-2H3/t24-/m0/s1. The van der Waals surface area contributed by atoms with Crippen molar-refractivity contribution >= 4 is 23.2 Å². The molecule has 1 aromatic heterocycles. The molecule has 0 unspecified atom stereocenters. The van der Waals surface area contributed by atoms with Crippen LogP contribution in [-0.2, 0) is 11.2 Å². The number of amides is 2. The van der Waals surface area contributed by atoms with Crippen LogP contribution in [0.1, 0.15) is 45.7 Å². The van der Waals surface area contributed by atoms with Gasteiger partial charge in [-0.1, -0.05) is 36.8 Å². The minimum atomic E-state index is -0.577. The Hall–Kier alpha value is -3.19. The van der Waals surface area contributed by atoms with Gasteiger partial charge in [-0.2, -0.15) is 0 Å². The summed E-state index contributed by atoms with van der Waals surface area (Å²) in [7, 11) is 0. The van der Waals surface area contributed by atoms with Gasteiger partial charge in [0.15, 0.2) is 0 Å². The lowest BCUT2D eigenvalue weighted by molar-refractivity contribution is -0.135. The van der Waals surface area contributed by atoms with Crippen molar-refractivity contribution in [3.8, 4) is 5.75 Å². The molecule has 0 aliphatic carbocycles. The third kappa shape index (κ3) is 5.30. The number of rotatable bonds is 8. The molecule has 1 aliphatic rings. The first kappa shape index (κ1) is 24.0. The Morgan fingerprint density at radius 1 is 1.15 bits per heavy atom. The molecule has 0 saturated carbocycles. The van der Waals surface area contributed by atoms with Crippen molar-refractivity contribution in [2.45, 2.75) is 32.7 Å². The summed E-state index contributed by atoms with van der Waals surface area (Å²) in [5, 5.41) is 2.04. The smallest absolute Gasteiger partial charge is 0.257 e. The third-order valence-electron chi connectivity index (χ3n) is 6.06. The van der Waals surface area contributed by atoms with E-state index < -0.39 is 11.7 Å². The molecule has 2 heterocycles. The van der Waals surface area contributed by atoms with Gasteiger partial charge in [0.25, 0.3) is 5.91 Å². The highest BCUT2D eigenvalue weighted by atomic mass is 32.1. The van der Waals surface area contributed by atoms with Crippen LogP contribution in [0.5, 0.6) is 5.75 Å². The van der Waals surface area contributed by atoms with Crippen LogP contribution >= 0.6 is 11.3 Å². The summed E-state index contributed by atoms with van der Waals surface area (Å²) < 4.78 is 20.3. The van der Waals surface area contributed by atoms with Crippen LogP contribution in [0.2, 0.25) is 0 Å². The van der Waals surface area contributed by atoms with Crippen molar-refractivity contribution in [3.05, 3.63) is 87.4 Å². The monoisotopic (exact) mass is 480 g/mol. The van der Waals surface area contributed by atoms with Gasteiger partial charge in [0.1, 0.15) is 24.7 Å². The summed E-state index contributed by atoms with van der Waals surface area (Å²) in [6, 6.07) is 15.5. The number of hydrogen-bond donors (Lipinski definition) is 0. The number of fused-ring (bicyclic) bond motifs is 1. The Morgan fingerprint density at radius 2 is 1.91 bits per heavy atom. The number of ether oxygens (including phenoxy) is 1. The second kappa shape index (κ2) is 10.8. The van der Waals surface area contributed by atoms with Crippen molar-refractivity contribution in [2.24, 2.45) is 0 Å². The van der Waals surface area contributed by atoms with Gasteiger partial charge in [0.2, 0.25) is 5.91 Å². The molecular weight excluding hydrogens is 451 g/mol. The highest BCUT2D eigenvalue weighted by molar-refractivity contribution is 7.10. The molecule has 2 amide bonds. The van der Waals surface area contributed by atoms with E-state index in [4.69, 9.17) is 4.74 Å². The van der Waals surface area contributed by atoms with Crippen molar-refractivity contribution in [1.82, 2.24) is 9.80 Å². The topological polar surface area (TPSA) is 49.9 Å². The number of thiophene rings is 1. The summed E-state index contributed by atoms with van der Waals surface area (Å²) in [4.78, 5) is 31.0. The van der Waals surface area contributed by atoms with Crippen LogP contribution in [-0.4, -0.2) is 47.9 Å². The maximum atomic E-state index is 14.3. The van der Waals surface area contributed by atoms with Crippen molar-refractivity contribution in [1.29, 1.82) is 0 Å².